The molecule has 2 rings (SSSR count). The fourth-order valence-electron chi connectivity index (χ4n) is 2.53. The first-order valence-corrected chi connectivity index (χ1v) is 7.90. The molecule has 0 saturated heterocycles. The molecule has 0 aliphatic heterocycles. The van der Waals surface area contributed by atoms with Crippen LogP contribution in [0, 0.1) is 0 Å². The molecule has 0 aromatic heterocycles. The molecule has 1 amide bonds. The Kier molecular flexibility index (Phi) is 6.48. The minimum atomic E-state index is -0.272. The fourth-order valence-corrected chi connectivity index (χ4v) is 2.53. The molecule has 0 aliphatic rings. The van der Waals surface area contributed by atoms with E-state index in [9.17, 15) is 4.79 Å². The number of nitrogens with zero attached hydrogens (tertiary/aromatic N) is 1. The molecule has 0 fully saturated rings. The van der Waals surface area contributed by atoms with Gasteiger partial charge in [0.2, 0.25) is 5.91 Å². The summed E-state index contributed by atoms with van der Waals surface area (Å²) in [4.78, 5) is 13.3. The largest absolute Gasteiger partial charge is 0.497 e. The summed E-state index contributed by atoms with van der Waals surface area (Å²) in [6.45, 7) is 1.52. The Morgan fingerprint density at radius 1 is 1.04 bits per heavy atom. The van der Waals surface area contributed by atoms with Crippen molar-refractivity contribution in [2.75, 3.05) is 25.1 Å². The van der Waals surface area contributed by atoms with Crippen LogP contribution in [0.2, 0.25) is 0 Å². The maximum atomic E-state index is 11.1. The number of carbonyl (C=O) groups is 1. The van der Waals surface area contributed by atoms with Crippen LogP contribution < -0.4 is 15.4 Å². The van der Waals surface area contributed by atoms with E-state index >= 15 is 0 Å². The number of anilines is 1. The molecule has 2 aromatic rings. The third-order valence-corrected chi connectivity index (χ3v) is 3.80. The molecular formula is C19H24N2O2. The fraction of sp³-hybridized carbons (Fsp3) is 0.316. The number of aryl methyl sites for hydroxylation is 1. The standard InChI is InChI=1S/C19H24N2O2/c1-23-18-11-9-17(10-12-18)21(15-13-19(20)22)14-5-8-16-6-3-2-4-7-16/h2-4,6-7,9-12H,5,8,13-15H2,1H3,(H2,20,22). The van der Waals surface area contributed by atoms with Crippen molar-refractivity contribution in [3.8, 4) is 5.75 Å². The lowest BCUT2D eigenvalue weighted by molar-refractivity contribution is -0.117. The third-order valence-electron chi connectivity index (χ3n) is 3.80. The lowest BCUT2D eigenvalue weighted by atomic mass is 10.1. The van der Waals surface area contributed by atoms with Crippen LogP contribution in [0.5, 0.6) is 5.75 Å². The number of nitrogens with two attached hydrogens (primary N) is 1. The molecule has 0 unspecified atom stereocenters. The molecule has 122 valence electrons. The lowest BCUT2D eigenvalue weighted by Crippen LogP contribution is -2.29. The second-order valence-electron chi connectivity index (χ2n) is 5.49. The normalized spacial score (nSPS) is 10.3. The van der Waals surface area contributed by atoms with Crippen LogP contribution in [0.4, 0.5) is 5.69 Å². The van der Waals surface area contributed by atoms with Crippen molar-refractivity contribution in [1.29, 1.82) is 0 Å². The number of primary amides is 1. The molecule has 0 radical (unpaired) electrons. The van der Waals surface area contributed by atoms with E-state index in [1.54, 1.807) is 7.11 Å². The minimum Gasteiger partial charge on any atom is -0.497 e. The molecule has 0 atom stereocenters. The molecule has 23 heavy (non-hydrogen) atoms. The smallest absolute Gasteiger partial charge is 0.219 e. The van der Waals surface area contributed by atoms with Crippen LogP contribution in [0.25, 0.3) is 0 Å². The summed E-state index contributed by atoms with van der Waals surface area (Å²) in [5.41, 5.74) is 7.71. The average molecular weight is 312 g/mol. The molecule has 2 aromatic carbocycles. The number of ether oxygens (including phenoxy) is 1. The molecule has 0 heterocycles. The number of benzene rings is 2. The van der Waals surface area contributed by atoms with Gasteiger partial charge >= 0.3 is 0 Å². The van der Waals surface area contributed by atoms with Gasteiger partial charge in [0.1, 0.15) is 5.75 Å². The first kappa shape index (κ1) is 16.9. The zero-order valence-electron chi connectivity index (χ0n) is 13.6. The molecule has 4 nitrogen and oxygen atoms in total. The van der Waals surface area contributed by atoms with E-state index < -0.39 is 0 Å². The molecule has 0 aliphatic carbocycles. The van der Waals surface area contributed by atoms with Crippen molar-refractivity contribution in [2.24, 2.45) is 5.73 Å². The number of methoxy groups -OCH3 is 1. The van der Waals surface area contributed by atoms with Gasteiger partial charge in [-0.2, -0.15) is 0 Å². The van der Waals surface area contributed by atoms with Crippen LogP contribution in [-0.4, -0.2) is 26.1 Å². The number of rotatable bonds is 9. The van der Waals surface area contributed by atoms with Gasteiger partial charge in [-0.05, 0) is 42.7 Å². The Labute approximate surface area is 137 Å². The average Bonchev–Trinajstić information content (AvgIpc) is 2.59. The minimum absolute atomic E-state index is 0.272. The lowest BCUT2D eigenvalue weighted by Gasteiger charge is -2.24. The number of hydrogen-bond donors (Lipinski definition) is 1. The van der Waals surface area contributed by atoms with Crippen LogP contribution in [0.1, 0.15) is 18.4 Å². The summed E-state index contributed by atoms with van der Waals surface area (Å²) in [5, 5.41) is 0. The van der Waals surface area contributed by atoms with Gasteiger partial charge in [-0.15, -0.1) is 0 Å². The highest BCUT2D eigenvalue weighted by Gasteiger charge is 2.08. The van der Waals surface area contributed by atoms with E-state index in [1.165, 1.54) is 5.56 Å². The molecule has 4 heteroatoms. The van der Waals surface area contributed by atoms with Gasteiger partial charge in [-0.25, -0.2) is 0 Å². The van der Waals surface area contributed by atoms with Crippen molar-refractivity contribution in [1.82, 2.24) is 0 Å². The van der Waals surface area contributed by atoms with Crippen molar-refractivity contribution < 1.29 is 9.53 Å². The van der Waals surface area contributed by atoms with Gasteiger partial charge in [0.05, 0.1) is 7.11 Å². The molecule has 0 bridgehead atoms. The van der Waals surface area contributed by atoms with E-state index in [-0.39, 0.29) is 5.91 Å². The van der Waals surface area contributed by atoms with E-state index in [2.05, 4.69) is 29.2 Å². The van der Waals surface area contributed by atoms with Gasteiger partial charge in [0.15, 0.2) is 0 Å². The van der Waals surface area contributed by atoms with E-state index in [1.807, 2.05) is 30.3 Å². The second kappa shape index (κ2) is 8.83. The Morgan fingerprint density at radius 2 is 1.74 bits per heavy atom. The molecule has 0 saturated carbocycles. The predicted octanol–water partition coefficient (Wildman–Crippen LogP) is 3.01. The van der Waals surface area contributed by atoms with Gasteiger partial charge < -0.3 is 15.4 Å². The maximum Gasteiger partial charge on any atom is 0.219 e. The van der Waals surface area contributed by atoms with Crippen molar-refractivity contribution in [3.05, 3.63) is 60.2 Å². The SMILES string of the molecule is COc1ccc(N(CCCc2ccccc2)CCC(N)=O)cc1. The first-order valence-electron chi connectivity index (χ1n) is 7.90. The predicted molar refractivity (Wildman–Crippen MR) is 93.8 cm³/mol. The first-order chi connectivity index (χ1) is 11.2. The quantitative estimate of drug-likeness (QED) is 0.774. The Hall–Kier alpha value is -2.49. The topological polar surface area (TPSA) is 55.6 Å². The highest BCUT2D eigenvalue weighted by atomic mass is 16.5. The summed E-state index contributed by atoms with van der Waals surface area (Å²) in [5.74, 6) is 0.555. The highest BCUT2D eigenvalue weighted by molar-refractivity contribution is 5.74. The molecule has 0 spiro atoms. The summed E-state index contributed by atoms with van der Waals surface area (Å²) in [6.07, 6.45) is 2.40. The molecule has 2 N–H and O–H groups in total. The Bertz CT molecular complexity index is 597. The second-order valence-corrected chi connectivity index (χ2v) is 5.49. The summed E-state index contributed by atoms with van der Waals surface area (Å²) >= 11 is 0. The van der Waals surface area contributed by atoms with Crippen LogP contribution in [0.3, 0.4) is 0 Å². The van der Waals surface area contributed by atoms with Crippen molar-refractivity contribution in [2.45, 2.75) is 19.3 Å². The number of hydrogen-bond acceptors (Lipinski definition) is 3. The van der Waals surface area contributed by atoms with Crippen LogP contribution in [0.15, 0.2) is 54.6 Å². The number of amides is 1. The van der Waals surface area contributed by atoms with Crippen molar-refractivity contribution in [3.63, 3.8) is 0 Å². The van der Waals surface area contributed by atoms with E-state index in [4.69, 9.17) is 10.5 Å². The Balaban J connectivity index is 1.96. The van der Waals surface area contributed by atoms with Gasteiger partial charge in [0.25, 0.3) is 0 Å². The summed E-state index contributed by atoms with van der Waals surface area (Å²) in [7, 11) is 1.65. The summed E-state index contributed by atoms with van der Waals surface area (Å²) < 4.78 is 5.19. The van der Waals surface area contributed by atoms with E-state index in [0.29, 0.717) is 13.0 Å². The third kappa shape index (κ3) is 5.66. The van der Waals surface area contributed by atoms with Gasteiger partial charge in [0, 0.05) is 25.2 Å². The zero-order chi connectivity index (χ0) is 16.5. The van der Waals surface area contributed by atoms with Crippen LogP contribution in [-0.2, 0) is 11.2 Å². The van der Waals surface area contributed by atoms with Crippen molar-refractivity contribution >= 4 is 11.6 Å². The maximum absolute atomic E-state index is 11.1. The van der Waals surface area contributed by atoms with Gasteiger partial charge in [-0.3, -0.25) is 4.79 Å². The van der Waals surface area contributed by atoms with Gasteiger partial charge in [-0.1, -0.05) is 30.3 Å². The van der Waals surface area contributed by atoms with Crippen LogP contribution >= 0.6 is 0 Å². The number of carbonyl (C=O) groups excluding carboxylic acids is 1. The zero-order valence-corrected chi connectivity index (χ0v) is 13.6. The highest BCUT2D eigenvalue weighted by Crippen LogP contribution is 2.20. The summed E-state index contributed by atoms with van der Waals surface area (Å²) in [6, 6.07) is 18.3. The molecular weight excluding hydrogens is 288 g/mol. The van der Waals surface area contributed by atoms with E-state index in [0.717, 1.165) is 30.8 Å². The Morgan fingerprint density at radius 3 is 2.35 bits per heavy atom. The monoisotopic (exact) mass is 312 g/mol.